The number of carbonyl (C=O) groups is 6. The number of imidazole rings is 2. The number of aliphatic carboxylic acids is 2. The van der Waals surface area contributed by atoms with Crippen molar-refractivity contribution in [2.45, 2.75) is 63.7 Å². The second-order valence-electron chi connectivity index (χ2n) is 8.36. The molecule has 2 rings (SSSR count). The molecule has 0 spiro atoms. The Hall–Kier alpha value is -4.44. The highest BCUT2D eigenvalue weighted by molar-refractivity contribution is 5.97. The number of Topliss-reactive ketones (excluding diaryl/α,β-unsaturated/α-hetero) is 2. The van der Waals surface area contributed by atoms with E-state index >= 15 is 0 Å². The summed E-state index contributed by atoms with van der Waals surface area (Å²) in [4.78, 5) is 81.9. The minimum absolute atomic E-state index is 0.225. The number of carboxylic acids is 2. The maximum Gasteiger partial charge on any atom is 0.327 e. The molecule has 0 radical (unpaired) electrons. The highest BCUT2D eigenvalue weighted by Gasteiger charge is 2.39. The molecule has 16 nitrogen and oxygen atoms in total. The van der Waals surface area contributed by atoms with Gasteiger partial charge in [0, 0.05) is 26.2 Å². The van der Waals surface area contributed by atoms with E-state index in [0.29, 0.717) is 0 Å². The second-order valence-corrected chi connectivity index (χ2v) is 8.36. The van der Waals surface area contributed by atoms with Crippen molar-refractivity contribution in [1.29, 1.82) is 0 Å². The van der Waals surface area contributed by atoms with E-state index in [1.807, 2.05) is 0 Å². The summed E-state index contributed by atoms with van der Waals surface area (Å²) in [5.41, 5.74) is 11.5. The standard InChI is InChI=1S/2C11H16N4O4/c2*1-5(12)10(17)8(7-3-13-4-14-7)9(11(18)19)15-6(2)16/h2*3-5,8-9H,12H2,1-2H3,(H,13,14)(H,15,16)(H,18,19). The van der Waals surface area contributed by atoms with Crippen LogP contribution in [-0.4, -0.2) is 89.6 Å². The third-order valence-electron chi connectivity index (χ3n) is 5.10. The van der Waals surface area contributed by atoms with Crippen molar-refractivity contribution in [1.82, 2.24) is 30.6 Å². The number of carbonyl (C=O) groups excluding carboxylic acids is 4. The molecule has 208 valence electrons. The Morgan fingerprint density at radius 2 is 1.05 bits per heavy atom. The molecule has 0 saturated carbocycles. The number of rotatable bonds is 12. The van der Waals surface area contributed by atoms with Crippen LogP contribution in [0.3, 0.4) is 0 Å². The third-order valence-corrected chi connectivity index (χ3v) is 5.10. The predicted molar refractivity (Wildman–Crippen MR) is 130 cm³/mol. The fourth-order valence-corrected chi connectivity index (χ4v) is 3.42. The van der Waals surface area contributed by atoms with Crippen LogP contribution in [0.5, 0.6) is 0 Å². The van der Waals surface area contributed by atoms with E-state index in [9.17, 15) is 39.0 Å². The summed E-state index contributed by atoms with van der Waals surface area (Å²) in [5.74, 6) is -7.02. The number of aromatic amines is 2. The number of H-pyrrole nitrogens is 2. The van der Waals surface area contributed by atoms with E-state index in [-0.39, 0.29) is 11.4 Å². The molecule has 2 aromatic heterocycles. The first kappa shape index (κ1) is 31.6. The zero-order chi connectivity index (χ0) is 29.2. The van der Waals surface area contributed by atoms with Crippen molar-refractivity contribution in [2.24, 2.45) is 11.5 Å². The summed E-state index contributed by atoms with van der Waals surface area (Å²) >= 11 is 0. The lowest BCUT2D eigenvalue weighted by molar-refractivity contribution is -0.144. The summed E-state index contributed by atoms with van der Waals surface area (Å²) in [5, 5.41) is 22.8. The molecule has 16 heteroatoms. The molecule has 0 saturated heterocycles. The lowest BCUT2D eigenvalue weighted by atomic mass is 9.88. The fraction of sp³-hybridized carbons (Fsp3) is 0.455. The summed E-state index contributed by atoms with van der Waals surface area (Å²) in [6.07, 6.45) is 5.46. The van der Waals surface area contributed by atoms with E-state index in [4.69, 9.17) is 11.5 Å². The number of hydrogen-bond donors (Lipinski definition) is 8. The predicted octanol–water partition coefficient (Wildman–Crippen LogP) is -2.00. The highest BCUT2D eigenvalue weighted by Crippen LogP contribution is 2.21. The molecule has 10 N–H and O–H groups in total. The van der Waals surface area contributed by atoms with Crippen LogP contribution >= 0.6 is 0 Å². The molecule has 2 aromatic rings. The third kappa shape index (κ3) is 8.90. The van der Waals surface area contributed by atoms with Crippen LogP contribution in [0.15, 0.2) is 25.0 Å². The van der Waals surface area contributed by atoms with E-state index in [1.165, 1.54) is 52.7 Å². The van der Waals surface area contributed by atoms with E-state index in [0.717, 1.165) is 0 Å². The first-order valence-electron chi connectivity index (χ1n) is 11.2. The maximum absolute atomic E-state index is 12.1. The number of nitrogens with zero attached hydrogens (tertiary/aromatic N) is 2. The van der Waals surface area contributed by atoms with Gasteiger partial charge in [0.05, 0.1) is 48.0 Å². The average molecular weight is 537 g/mol. The number of aromatic nitrogens is 4. The van der Waals surface area contributed by atoms with Gasteiger partial charge in [-0.15, -0.1) is 0 Å². The molecular weight excluding hydrogens is 504 g/mol. The highest BCUT2D eigenvalue weighted by atomic mass is 16.4. The van der Waals surface area contributed by atoms with Gasteiger partial charge in [0.2, 0.25) is 11.8 Å². The van der Waals surface area contributed by atoms with Gasteiger partial charge in [0.1, 0.15) is 12.1 Å². The van der Waals surface area contributed by atoms with Crippen LogP contribution in [0.4, 0.5) is 0 Å². The summed E-state index contributed by atoms with van der Waals surface area (Å²) in [6, 6.07) is -4.53. The number of carboxylic acid groups (broad SMARTS) is 2. The van der Waals surface area contributed by atoms with Crippen molar-refractivity contribution in [2.75, 3.05) is 0 Å². The van der Waals surface area contributed by atoms with Crippen molar-refractivity contribution < 1.29 is 39.0 Å². The van der Waals surface area contributed by atoms with Crippen LogP contribution in [-0.2, 0) is 28.8 Å². The Bertz CT molecular complexity index is 1030. The lowest BCUT2D eigenvalue weighted by Gasteiger charge is -2.23. The topological polar surface area (TPSA) is 276 Å². The smallest absolute Gasteiger partial charge is 0.327 e. The molecule has 2 amide bonds. The van der Waals surface area contributed by atoms with Crippen LogP contribution in [0.1, 0.15) is 50.9 Å². The van der Waals surface area contributed by atoms with Crippen LogP contribution in [0, 0.1) is 0 Å². The van der Waals surface area contributed by atoms with Crippen molar-refractivity contribution in [3.05, 3.63) is 36.4 Å². The average Bonchev–Trinajstić information content (AvgIpc) is 3.52. The van der Waals surface area contributed by atoms with Gasteiger partial charge in [-0.1, -0.05) is 0 Å². The van der Waals surface area contributed by atoms with Gasteiger partial charge in [-0.25, -0.2) is 19.6 Å². The van der Waals surface area contributed by atoms with Crippen LogP contribution < -0.4 is 22.1 Å². The van der Waals surface area contributed by atoms with E-state index < -0.39 is 71.3 Å². The number of amides is 2. The Morgan fingerprint density at radius 1 is 0.737 bits per heavy atom. The number of nitrogens with one attached hydrogen (secondary N) is 4. The molecule has 0 fully saturated rings. The van der Waals surface area contributed by atoms with Crippen molar-refractivity contribution in [3.63, 3.8) is 0 Å². The summed E-state index contributed by atoms with van der Waals surface area (Å²) in [6.45, 7) is 5.26. The van der Waals surface area contributed by atoms with Crippen LogP contribution in [0.2, 0.25) is 0 Å². The van der Waals surface area contributed by atoms with Gasteiger partial charge >= 0.3 is 11.9 Å². The Morgan fingerprint density at radius 3 is 1.24 bits per heavy atom. The van der Waals surface area contributed by atoms with Crippen molar-refractivity contribution in [3.8, 4) is 0 Å². The molecular formula is C22H32N8O8. The van der Waals surface area contributed by atoms with Gasteiger partial charge in [-0.3, -0.25) is 19.2 Å². The number of ketones is 2. The minimum atomic E-state index is -1.40. The zero-order valence-electron chi connectivity index (χ0n) is 21.2. The molecule has 38 heavy (non-hydrogen) atoms. The maximum atomic E-state index is 12.1. The monoisotopic (exact) mass is 536 g/mol. The Kier molecular flexibility index (Phi) is 11.9. The first-order chi connectivity index (χ1) is 17.7. The Labute approximate surface area is 217 Å². The molecule has 0 bridgehead atoms. The molecule has 6 unspecified atom stereocenters. The zero-order valence-corrected chi connectivity index (χ0v) is 21.2. The number of nitrogens with two attached hydrogens (primary N) is 2. The van der Waals surface area contributed by atoms with Gasteiger partial charge in [0.15, 0.2) is 11.6 Å². The molecule has 0 aliphatic rings. The van der Waals surface area contributed by atoms with Crippen molar-refractivity contribution >= 4 is 35.3 Å². The quantitative estimate of drug-likeness (QED) is 0.146. The normalized spacial score (nSPS) is 15.3. The van der Waals surface area contributed by atoms with Gasteiger partial charge in [0.25, 0.3) is 0 Å². The fourth-order valence-electron chi connectivity index (χ4n) is 3.42. The largest absolute Gasteiger partial charge is 0.480 e. The SMILES string of the molecule is CC(=O)NC(C(=O)O)C(C(=O)C(C)N)c1c[nH]cn1.CC(=O)NC(C(=O)O)C(C(=O)C(C)N)c1c[nH]cn1. The minimum Gasteiger partial charge on any atom is -0.480 e. The van der Waals surface area contributed by atoms with Crippen LogP contribution in [0.25, 0.3) is 0 Å². The number of hydrogen-bond acceptors (Lipinski definition) is 10. The van der Waals surface area contributed by atoms with Gasteiger partial charge in [-0.2, -0.15) is 0 Å². The molecule has 6 atom stereocenters. The lowest BCUT2D eigenvalue weighted by Crippen LogP contribution is -2.49. The van der Waals surface area contributed by atoms with Gasteiger partial charge in [-0.05, 0) is 13.8 Å². The molecule has 0 aromatic carbocycles. The second kappa shape index (κ2) is 14.3. The first-order valence-corrected chi connectivity index (χ1v) is 11.2. The van der Waals surface area contributed by atoms with Gasteiger partial charge < -0.3 is 42.3 Å². The molecule has 0 aliphatic heterocycles. The Balaban J connectivity index is 0.000000380. The summed E-state index contributed by atoms with van der Waals surface area (Å²) in [7, 11) is 0. The summed E-state index contributed by atoms with van der Waals surface area (Å²) < 4.78 is 0. The van der Waals surface area contributed by atoms with E-state index in [2.05, 4.69) is 30.6 Å². The molecule has 0 aliphatic carbocycles. The molecule has 2 heterocycles. The van der Waals surface area contributed by atoms with E-state index in [1.54, 1.807) is 0 Å².